The van der Waals surface area contributed by atoms with Crippen LogP contribution in [0.2, 0.25) is 0 Å². The van der Waals surface area contributed by atoms with Gasteiger partial charge < -0.3 is 10.2 Å². The van der Waals surface area contributed by atoms with Gasteiger partial charge in [0, 0.05) is 32.0 Å². The zero-order chi connectivity index (χ0) is 16.2. The van der Waals surface area contributed by atoms with E-state index in [2.05, 4.69) is 31.2 Å². The molecule has 0 aromatic carbocycles. The molecule has 6 nitrogen and oxygen atoms in total. The Hall–Kier alpha value is -1.85. The highest BCUT2D eigenvalue weighted by Gasteiger charge is 2.20. The number of nitrogens with one attached hydrogen (secondary N) is 1. The lowest BCUT2D eigenvalue weighted by atomic mass is 9.92. The Kier molecular flexibility index (Phi) is 5.52. The van der Waals surface area contributed by atoms with Gasteiger partial charge in [-0.2, -0.15) is 5.10 Å². The summed E-state index contributed by atoms with van der Waals surface area (Å²) in [5.74, 6) is 0.347. The first-order valence-electron chi connectivity index (χ1n) is 7.25. The monoisotopic (exact) mass is 294 g/mol. The van der Waals surface area contributed by atoms with E-state index in [-0.39, 0.29) is 23.8 Å². The number of nitrogens with zero attached hydrogens (tertiary/aromatic N) is 3. The van der Waals surface area contributed by atoms with E-state index in [9.17, 15) is 9.59 Å². The summed E-state index contributed by atoms with van der Waals surface area (Å²) >= 11 is 0. The maximum atomic E-state index is 12.1. The van der Waals surface area contributed by atoms with Crippen LogP contribution in [0.15, 0.2) is 6.07 Å². The zero-order valence-electron chi connectivity index (χ0n) is 13.9. The molecule has 1 aromatic heterocycles. The van der Waals surface area contributed by atoms with E-state index in [4.69, 9.17) is 0 Å². The van der Waals surface area contributed by atoms with Crippen LogP contribution in [0.4, 0.5) is 5.82 Å². The topological polar surface area (TPSA) is 67.2 Å². The number of hydrogen-bond donors (Lipinski definition) is 1. The molecule has 0 unspecified atom stereocenters. The van der Waals surface area contributed by atoms with Crippen molar-refractivity contribution in [1.29, 1.82) is 0 Å². The largest absolute Gasteiger partial charge is 0.334 e. The molecule has 0 spiro atoms. The highest BCUT2D eigenvalue weighted by atomic mass is 16.2. The molecule has 0 bridgehead atoms. The molecule has 0 aliphatic heterocycles. The predicted octanol–water partition coefficient (Wildman–Crippen LogP) is 1.91. The van der Waals surface area contributed by atoms with Crippen molar-refractivity contribution in [3.63, 3.8) is 0 Å². The molecule has 0 radical (unpaired) electrons. The quantitative estimate of drug-likeness (QED) is 0.902. The maximum Gasteiger partial charge on any atom is 0.245 e. The van der Waals surface area contributed by atoms with Gasteiger partial charge in [0.15, 0.2) is 0 Å². The summed E-state index contributed by atoms with van der Waals surface area (Å²) in [6.07, 6.45) is 0.826. The number of aryl methyl sites for hydroxylation is 1. The number of amides is 2. The normalized spacial score (nSPS) is 11.3. The fourth-order valence-corrected chi connectivity index (χ4v) is 1.92. The lowest BCUT2D eigenvalue weighted by Gasteiger charge is -2.19. The van der Waals surface area contributed by atoms with Crippen LogP contribution < -0.4 is 5.32 Å². The molecule has 1 N–H and O–H groups in total. The van der Waals surface area contributed by atoms with E-state index in [1.807, 2.05) is 13.0 Å². The second-order valence-electron chi connectivity index (χ2n) is 6.28. The standard InChI is InChI=1S/C15H26N4O2/c1-7-8-19(11(2)20)10-14(21)16-13-9-12(15(3,4)5)17-18(13)6/h9H,7-8,10H2,1-6H3,(H,16,21). The summed E-state index contributed by atoms with van der Waals surface area (Å²) in [5, 5.41) is 7.22. The van der Waals surface area contributed by atoms with Crippen LogP contribution in [0.1, 0.15) is 46.7 Å². The predicted molar refractivity (Wildman–Crippen MR) is 83.1 cm³/mol. The van der Waals surface area contributed by atoms with Crippen molar-refractivity contribution in [3.8, 4) is 0 Å². The summed E-state index contributed by atoms with van der Waals surface area (Å²) < 4.78 is 1.65. The molecule has 0 fully saturated rings. The van der Waals surface area contributed by atoms with Gasteiger partial charge in [-0.25, -0.2) is 0 Å². The van der Waals surface area contributed by atoms with Crippen LogP contribution in [0.3, 0.4) is 0 Å². The summed E-state index contributed by atoms with van der Waals surface area (Å²) in [6.45, 7) is 10.3. The maximum absolute atomic E-state index is 12.1. The fraction of sp³-hybridized carbons (Fsp3) is 0.667. The molecule has 118 valence electrons. The Balaban J connectivity index is 2.75. The van der Waals surface area contributed by atoms with E-state index in [0.717, 1.165) is 12.1 Å². The van der Waals surface area contributed by atoms with Crippen molar-refractivity contribution >= 4 is 17.6 Å². The Morgan fingerprint density at radius 3 is 2.43 bits per heavy atom. The van der Waals surface area contributed by atoms with Crippen molar-refractivity contribution in [2.75, 3.05) is 18.4 Å². The van der Waals surface area contributed by atoms with Crippen LogP contribution in [0.5, 0.6) is 0 Å². The van der Waals surface area contributed by atoms with Gasteiger partial charge in [0.05, 0.1) is 12.2 Å². The SMILES string of the molecule is CCCN(CC(=O)Nc1cc(C(C)(C)C)nn1C)C(C)=O. The fourth-order valence-electron chi connectivity index (χ4n) is 1.92. The minimum absolute atomic E-state index is 0.0687. The van der Waals surface area contributed by atoms with Crippen LogP contribution in [-0.2, 0) is 22.1 Å². The van der Waals surface area contributed by atoms with Gasteiger partial charge in [-0.15, -0.1) is 0 Å². The zero-order valence-corrected chi connectivity index (χ0v) is 13.9. The molecule has 0 aliphatic carbocycles. The lowest BCUT2D eigenvalue weighted by molar-refractivity contribution is -0.132. The molecule has 6 heteroatoms. The first-order chi connectivity index (χ1) is 9.65. The Morgan fingerprint density at radius 1 is 1.38 bits per heavy atom. The molecule has 1 heterocycles. The van der Waals surface area contributed by atoms with Gasteiger partial charge in [0.2, 0.25) is 11.8 Å². The highest BCUT2D eigenvalue weighted by Crippen LogP contribution is 2.23. The molecule has 0 saturated carbocycles. The smallest absolute Gasteiger partial charge is 0.245 e. The number of hydrogen-bond acceptors (Lipinski definition) is 3. The lowest BCUT2D eigenvalue weighted by Crippen LogP contribution is -2.37. The van der Waals surface area contributed by atoms with Gasteiger partial charge in [-0.3, -0.25) is 14.3 Å². The van der Waals surface area contributed by atoms with E-state index < -0.39 is 0 Å². The molecule has 1 aromatic rings. The van der Waals surface area contributed by atoms with Crippen molar-refractivity contribution < 1.29 is 9.59 Å². The molecule has 2 amide bonds. The summed E-state index contributed by atoms with van der Waals surface area (Å²) in [6, 6.07) is 1.87. The average molecular weight is 294 g/mol. The third-order valence-electron chi connectivity index (χ3n) is 3.19. The van der Waals surface area contributed by atoms with Crippen molar-refractivity contribution in [2.24, 2.45) is 7.05 Å². The van der Waals surface area contributed by atoms with Gasteiger partial charge >= 0.3 is 0 Å². The number of aromatic nitrogens is 2. The van der Waals surface area contributed by atoms with Crippen LogP contribution in [0, 0.1) is 0 Å². The first-order valence-corrected chi connectivity index (χ1v) is 7.25. The van der Waals surface area contributed by atoms with E-state index in [1.54, 1.807) is 11.7 Å². The van der Waals surface area contributed by atoms with Crippen LogP contribution >= 0.6 is 0 Å². The molecule has 0 aliphatic rings. The van der Waals surface area contributed by atoms with E-state index >= 15 is 0 Å². The summed E-state index contributed by atoms with van der Waals surface area (Å²) in [7, 11) is 1.79. The van der Waals surface area contributed by atoms with Crippen molar-refractivity contribution in [2.45, 2.75) is 46.5 Å². The first kappa shape index (κ1) is 17.2. The Morgan fingerprint density at radius 2 is 2.00 bits per heavy atom. The van der Waals surface area contributed by atoms with Gasteiger partial charge in [-0.1, -0.05) is 27.7 Å². The third kappa shape index (κ3) is 4.88. The molecule has 21 heavy (non-hydrogen) atoms. The van der Waals surface area contributed by atoms with E-state index in [1.165, 1.54) is 11.8 Å². The minimum Gasteiger partial charge on any atom is -0.334 e. The number of carbonyl (C=O) groups excluding carboxylic acids is 2. The number of carbonyl (C=O) groups is 2. The van der Waals surface area contributed by atoms with Gasteiger partial charge in [-0.05, 0) is 6.42 Å². The summed E-state index contributed by atoms with van der Waals surface area (Å²) in [5.41, 5.74) is 0.839. The van der Waals surface area contributed by atoms with Gasteiger partial charge in [0.25, 0.3) is 0 Å². The van der Waals surface area contributed by atoms with Crippen LogP contribution in [0.25, 0.3) is 0 Å². The molecule has 1 rings (SSSR count). The third-order valence-corrected chi connectivity index (χ3v) is 3.19. The Labute approximate surface area is 126 Å². The average Bonchev–Trinajstić information content (AvgIpc) is 2.70. The second-order valence-corrected chi connectivity index (χ2v) is 6.28. The van der Waals surface area contributed by atoms with Gasteiger partial charge in [0.1, 0.15) is 5.82 Å². The second kappa shape index (κ2) is 6.74. The van der Waals surface area contributed by atoms with E-state index in [0.29, 0.717) is 12.4 Å². The minimum atomic E-state index is -0.206. The summed E-state index contributed by atoms with van der Waals surface area (Å²) in [4.78, 5) is 25.1. The van der Waals surface area contributed by atoms with Crippen molar-refractivity contribution in [3.05, 3.63) is 11.8 Å². The Bertz CT molecular complexity index is 514. The number of anilines is 1. The van der Waals surface area contributed by atoms with Crippen LogP contribution in [-0.4, -0.2) is 39.6 Å². The molecular weight excluding hydrogens is 268 g/mol. The molecular formula is C15H26N4O2. The molecule has 0 atom stereocenters. The highest BCUT2D eigenvalue weighted by molar-refractivity contribution is 5.93. The number of rotatable bonds is 5. The molecule has 0 saturated heterocycles. The van der Waals surface area contributed by atoms with Crippen molar-refractivity contribution in [1.82, 2.24) is 14.7 Å².